The van der Waals surface area contributed by atoms with Crippen molar-refractivity contribution in [2.75, 3.05) is 65.7 Å². The second-order valence-electron chi connectivity index (χ2n) is 30.9. The lowest BCUT2D eigenvalue weighted by molar-refractivity contribution is 0.0342. The molecule has 0 atom stereocenters. The van der Waals surface area contributed by atoms with Gasteiger partial charge in [-0.2, -0.15) is 45.0 Å². The van der Waals surface area contributed by atoms with Crippen molar-refractivity contribution >= 4 is 68.0 Å². The van der Waals surface area contributed by atoms with Crippen LogP contribution in [0.4, 0.5) is 17.6 Å². The van der Waals surface area contributed by atoms with Crippen molar-refractivity contribution in [3.63, 3.8) is 0 Å². The summed E-state index contributed by atoms with van der Waals surface area (Å²) in [7, 11) is 6.62. The minimum Gasteiger partial charge on any atom is -0.478 e. The molecular weight excluding hydrogens is 1600 g/mol. The molecule has 19 rings (SSSR count). The Morgan fingerprint density at radius 1 is 0.328 bits per heavy atom. The number of ether oxygens (including phenoxy) is 2. The molecule has 4 N–H and O–H groups in total. The van der Waals surface area contributed by atoms with Gasteiger partial charge in [-0.15, -0.1) is 0 Å². The minimum atomic E-state index is -1.64. The maximum atomic E-state index is 14.8. The highest BCUT2D eigenvalue weighted by Gasteiger charge is 2.30. The molecule has 3 aliphatic heterocycles. The Balaban J connectivity index is 0.000000123. The molecule has 125 heavy (non-hydrogen) atoms. The van der Waals surface area contributed by atoms with Gasteiger partial charge in [0, 0.05) is 74.0 Å². The van der Waals surface area contributed by atoms with Crippen LogP contribution in [0.3, 0.4) is 0 Å². The van der Waals surface area contributed by atoms with E-state index in [4.69, 9.17) is 9.47 Å². The SMILES string of the molecule is Cn1cnc2cc(-c3ccc(-c4ccccc4CN4CCOCC4)cc3)cc(C(=O)O)c21.Cn1nc2cc(-c3c(F)c(F)c(-c4ccccc4)c(F)c3F)cc(C(=O)O)c2n1.Cn1nc2cc(-c3ccc(-c4cccc(CN5CCCCC5)c4)cc3)cc(C(=O)O)c2n1.Cn1nc2cc(-c3ccc(-c4ccccc4CN4CCOCC4)cc3)cc(C(=O)O)c2n1. The number of hydrogen-bond donors (Lipinski definition) is 4. The predicted octanol–water partition coefficient (Wildman–Crippen LogP) is 17.8. The zero-order chi connectivity index (χ0) is 87.1. The molecule has 632 valence electrons. The Kier molecular flexibility index (Phi) is 25.1. The van der Waals surface area contributed by atoms with E-state index in [1.54, 1.807) is 49.3 Å². The first-order valence-electron chi connectivity index (χ1n) is 40.8. The molecule has 12 aromatic carbocycles. The fourth-order valence-electron chi connectivity index (χ4n) is 16.3. The number of morpholine rings is 2. The van der Waals surface area contributed by atoms with Crippen molar-refractivity contribution in [1.29, 1.82) is 0 Å². The molecule has 16 aromatic rings. The third-order valence-corrected chi connectivity index (χ3v) is 22.5. The van der Waals surface area contributed by atoms with E-state index in [0.717, 1.165) is 139 Å². The summed E-state index contributed by atoms with van der Waals surface area (Å²) in [5.74, 6) is -10.8. The first-order chi connectivity index (χ1) is 60.5. The molecule has 0 radical (unpaired) electrons. The molecule has 24 nitrogen and oxygen atoms in total. The topological polar surface area (TPSA) is 287 Å². The number of piperidine rings is 1. The summed E-state index contributed by atoms with van der Waals surface area (Å²) in [6.45, 7) is 12.1. The number of fused-ring (bicyclic) bond motifs is 4. The third kappa shape index (κ3) is 18.7. The molecule has 3 saturated heterocycles. The van der Waals surface area contributed by atoms with Gasteiger partial charge in [-0.3, -0.25) is 14.7 Å². The molecule has 0 spiro atoms. The number of carboxylic acid groups (broad SMARTS) is 4. The standard InChI is InChI=1S/C26H26N4O2.C26H25N3O3.C25H24N4O3.C20H11F4N3O2/c1-29-27-24-16-22(15-23(26(31)32)25(24)28-29)20-10-8-19(9-11-20)21-7-5-6-18(14-21)17-30-12-3-2-4-13-30;1-28-17-27-24-15-21(14-23(25(24)28)26(30)31)18-6-8-19(9-7-18)22-5-3-2-4-20(22)16-29-10-12-32-13-11-29;1-28-26-23-15-20(14-22(25(30)31)24(23)27-28)17-6-8-18(9-7-17)21-5-3-2-4-19(21)16-29-10-12-32-13-11-29;1-27-25-12-8-10(7-11(20(28)29)19(12)26-27)14-17(23)15(21)13(16(22)18(14)24)9-5-3-2-4-6-9/h5-11,14-16H,2-4,12-13,17H2,1H3,(H,31,32);2-9,14-15,17H,10-13,16H2,1H3,(H,30,31);2-9,14-15H,10-13,16H2,1H3,(H,30,31);2-8H,1H3,(H,28,29). The summed E-state index contributed by atoms with van der Waals surface area (Å²) in [5.41, 5.74) is 17.5. The van der Waals surface area contributed by atoms with Crippen LogP contribution in [0.5, 0.6) is 0 Å². The lowest BCUT2D eigenvalue weighted by Crippen LogP contribution is -2.35. The average molecular weight is 1680 g/mol. The molecule has 0 unspecified atom stereocenters. The summed E-state index contributed by atoms with van der Waals surface area (Å²) >= 11 is 0. The van der Waals surface area contributed by atoms with Crippen molar-refractivity contribution in [3.8, 4) is 89.0 Å². The van der Waals surface area contributed by atoms with E-state index in [9.17, 15) is 57.2 Å². The molecule has 3 aliphatic rings. The van der Waals surface area contributed by atoms with Crippen LogP contribution in [0.25, 0.3) is 133 Å². The molecule has 7 heterocycles. The van der Waals surface area contributed by atoms with Crippen LogP contribution >= 0.6 is 0 Å². The molecule has 0 aliphatic carbocycles. The average Bonchev–Trinajstić information content (AvgIpc) is 1.73. The predicted molar refractivity (Wildman–Crippen MR) is 469 cm³/mol. The second-order valence-corrected chi connectivity index (χ2v) is 30.9. The van der Waals surface area contributed by atoms with Crippen molar-refractivity contribution in [2.24, 2.45) is 28.2 Å². The Bertz CT molecular complexity index is 6580. The maximum Gasteiger partial charge on any atom is 0.338 e. The second kappa shape index (κ2) is 37.2. The number of carbonyl (C=O) groups is 4. The van der Waals surface area contributed by atoms with E-state index in [1.807, 2.05) is 49.5 Å². The largest absolute Gasteiger partial charge is 0.478 e. The zero-order valence-electron chi connectivity index (χ0n) is 68.8. The van der Waals surface area contributed by atoms with Crippen molar-refractivity contribution < 1.29 is 66.6 Å². The van der Waals surface area contributed by atoms with Crippen molar-refractivity contribution in [3.05, 3.63) is 293 Å². The van der Waals surface area contributed by atoms with Gasteiger partial charge in [-0.1, -0.05) is 176 Å². The fourth-order valence-corrected chi connectivity index (χ4v) is 16.3. The molecule has 0 saturated carbocycles. The van der Waals surface area contributed by atoms with Crippen molar-refractivity contribution in [2.45, 2.75) is 38.9 Å². The number of aryl methyl sites for hydroxylation is 4. The minimum absolute atomic E-state index is 0.00847. The molecular formula is C97H86F4N14O10. The maximum absolute atomic E-state index is 14.8. The molecule has 28 heteroatoms. The first-order valence-corrected chi connectivity index (χ1v) is 40.8. The summed E-state index contributed by atoms with van der Waals surface area (Å²) in [6, 6.07) is 70.5. The summed E-state index contributed by atoms with van der Waals surface area (Å²) in [4.78, 5) is 62.5. The quantitative estimate of drug-likeness (QED) is 0.0458. The number of carboxylic acids is 4. The highest BCUT2D eigenvalue weighted by atomic mass is 19.2. The molecule has 0 bridgehead atoms. The smallest absolute Gasteiger partial charge is 0.338 e. The lowest BCUT2D eigenvalue weighted by atomic mass is 9.95. The van der Waals surface area contributed by atoms with Gasteiger partial charge in [0.2, 0.25) is 0 Å². The summed E-state index contributed by atoms with van der Waals surface area (Å²) < 4.78 is 71.8. The number of aromatic nitrogens is 11. The van der Waals surface area contributed by atoms with Crippen LogP contribution < -0.4 is 0 Å². The van der Waals surface area contributed by atoms with Gasteiger partial charge in [0.25, 0.3) is 0 Å². The van der Waals surface area contributed by atoms with Gasteiger partial charge < -0.3 is 34.5 Å². The Morgan fingerprint density at radius 3 is 1.11 bits per heavy atom. The van der Waals surface area contributed by atoms with Gasteiger partial charge in [0.05, 0.1) is 77.2 Å². The number of halogens is 4. The zero-order valence-corrected chi connectivity index (χ0v) is 68.8. The van der Waals surface area contributed by atoms with Crippen LogP contribution in [-0.2, 0) is 57.3 Å². The Hall–Kier alpha value is -14.3. The van der Waals surface area contributed by atoms with E-state index >= 15 is 0 Å². The highest BCUT2D eigenvalue weighted by Crippen LogP contribution is 2.40. The van der Waals surface area contributed by atoms with E-state index < -0.39 is 63.8 Å². The lowest BCUT2D eigenvalue weighted by Gasteiger charge is -2.27. The third-order valence-electron chi connectivity index (χ3n) is 22.5. The van der Waals surface area contributed by atoms with E-state index in [-0.39, 0.29) is 38.9 Å². The number of benzene rings is 12. The van der Waals surface area contributed by atoms with Gasteiger partial charge in [-0.05, 0) is 175 Å². The number of likely N-dealkylation sites (tertiary alicyclic amines) is 1. The number of aromatic carboxylic acids is 4. The van der Waals surface area contributed by atoms with Gasteiger partial charge in [0.15, 0.2) is 23.3 Å². The van der Waals surface area contributed by atoms with Crippen LogP contribution in [0.2, 0.25) is 0 Å². The Morgan fingerprint density at radius 2 is 0.680 bits per heavy atom. The van der Waals surface area contributed by atoms with E-state index in [1.165, 1.54) is 107 Å². The fraction of sp³-hybridized carbons (Fsp3) is 0.206. The monoisotopic (exact) mass is 1680 g/mol. The van der Waals surface area contributed by atoms with E-state index in [0.29, 0.717) is 33.1 Å². The first kappa shape index (κ1) is 84.3. The van der Waals surface area contributed by atoms with Gasteiger partial charge in [0.1, 0.15) is 33.1 Å². The number of nitrogens with zero attached hydrogens (tertiary/aromatic N) is 14. The highest BCUT2D eigenvalue weighted by molar-refractivity contribution is 6.06. The number of hydrogen-bond acceptors (Lipinski definition) is 16. The van der Waals surface area contributed by atoms with Crippen LogP contribution in [-0.4, -0.2) is 179 Å². The summed E-state index contributed by atoms with van der Waals surface area (Å²) in [5, 5.41) is 63.2. The van der Waals surface area contributed by atoms with Crippen molar-refractivity contribution in [1.82, 2.24) is 69.2 Å². The number of rotatable bonds is 18. The normalized spacial score (nSPS) is 13.9. The molecule has 4 aromatic heterocycles. The van der Waals surface area contributed by atoms with Crippen LogP contribution in [0, 0.1) is 23.3 Å². The van der Waals surface area contributed by atoms with E-state index in [2.05, 4.69) is 172 Å². The Labute approximate surface area is 715 Å². The number of imidazole rings is 1. The van der Waals surface area contributed by atoms with Gasteiger partial charge in [-0.25, -0.2) is 41.7 Å². The molecule has 0 amide bonds. The van der Waals surface area contributed by atoms with Crippen LogP contribution in [0.1, 0.15) is 77.4 Å². The molecule has 3 fully saturated rings. The van der Waals surface area contributed by atoms with Crippen LogP contribution in [0.15, 0.2) is 231 Å². The van der Waals surface area contributed by atoms with Gasteiger partial charge >= 0.3 is 23.9 Å². The summed E-state index contributed by atoms with van der Waals surface area (Å²) in [6.07, 6.45) is 5.59.